The maximum absolute atomic E-state index is 10.8. The predicted octanol–water partition coefficient (Wildman–Crippen LogP) is 1.16. The van der Waals surface area contributed by atoms with Crippen LogP contribution in [0.1, 0.15) is 5.56 Å². The number of aromatic nitrogens is 1. The van der Waals surface area contributed by atoms with Gasteiger partial charge in [-0.1, -0.05) is 0 Å². The van der Waals surface area contributed by atoms with Crippen molar-refractivity contribution in [1.82, 2.24) is 4.98 Å². The highest BCUT2D eigenvalue weighted by atomic mass is 35.7. The molecule has 1 aromatic heterocycles. The molecule has 0 bridgehead atoms. The monoisotopic (exact) mass is 221 g/mol. The second-order valence-corrected chi connectivity index (χ2v) is 5.15. The van der Waals surface area contributed by atoms with Crippen molar-refractivity contribution in [2.45, 2.75) is 5.75 Å². The molecule has 13 heavy (non-hydrogen) atoms. The van der Waals surface area contributed by atoms with Gasteiger partial charge >= 0.3 is 0 Å². The molecule has 0 saturated heterocycles. The molecule has 0 aromatic carbocycles. The highest BCUT2D eigenvalue weighted by Crippen LogP contribution is 2.19. The number of nitrogens with zero attached hydrogens (tertiary/aromatic N) is 1. The van der Waals surface area contributed by atoms with Crippen molar-refractivity contribution in [1.29, 1.82) is 0 Å². The second-order valence-electron chi connectivity index (χ2n) is 2.37. The summed E-state index contributed by atoms with van der Waals surface area (Å²) in [6, 6.07) is 1.58. The van der Waals surface area contributed by atoms with E-state index in [-0.39, 0.29) is 5.75 Å². The van der Waals surface area contributed by atoms with Crippen LogP contribution < -0.4 is 4.74 Å². The van der Waals surface area contributed by atoms with Gasteiger partial charge in [-0.25, -0.2) is 8.42 Å². The van der Waals surface area contributed by atoms with Crippen LogP contribution in [0.4, 0.5) is 0 Å². The van der Waals surface area contributed by atoms with Crippen LogP contribution >= 0.6 is 10.7 Å². The van der Waals surface area contributed by atoms with Crippen LogP contribution in [0.3, 0.4) is 0 Å². The Balaban J connectivity index is 3.01. The fraction of sp³-hybridized carbons (Fsp3) is 0.286. The van der Waals surface area contributed by atoms with Crippen LogP contribution in [0.25, 0.3) is 0 Å². The van der Waals surface area contributed by atoms with Crippen molar-refractivity contribution >= 4 is 19.7 Å². The summed E-state index contributed by atoms with van der Waals surface area (Å²) in [5, 5.41) is 0. The lowest BCUT2D eigenvalue weighted by molar-refractivity contribution is 0.410. The minimum atomic E-state index is -3.56. The van der Waals surface area contributed by atoms with E-state index in [1.54, 1.807) is 6.07 Å². The van der Waals surface area contributed by atoms with Crippen molar-refractivity contribution in [3.8, 4) is 5.75 Å². The van der Waals surface area contributed by atoms with Crippen LogP contribution in [0.15, 0.2) is 18.5 Å². The lowest BCUT2D eigenvalue weighted by atomic mass is 10.3. The molecule has 0 spiro atoms. The molecule has 4 nitrogen and oxygen atoms in total. The van der Waals surface area contributed by atoms with Gasteiger partial charge in [0, 0.05) is 28.6 Å². The van der Waals surface area contributed by atoms with E-state index in [1.807, 2.05) is 0 Å². The molecule has 0 unspecified atom stereocenters. The van der Waals surface area contributed by atoms with Gasteiger partial charge in [0.25, 0.3) is 0 Å². The average Bonchev–Trinajstić information content (AvgIpc) is 2.02. The zero-order valence-corrected chi connectivity index (χ0v) is 8.47. The molecule has 0 N–H and O–H groups in total. The van der Waals surface area contributed by atoms with E-state index in [0.29, 0.717) is 11.3 Å². The zero-order valence-electron chi connectivity index (χ0n) is 6.90. The molecule has 1 heterocycles. The third-order valence-corrected chi connectivity index (χ3v) is 2.39. The second kappa shape index (κ2) is 3.93. The minimum Gasteiger partial charge on any atom is -0.496 e. The van der Waals surface area contributed by atoms with E-state index < -0.39 is 9.05 Å². The largest absolute Gasteiger partial charge is 0.496 e. The quantitative estimate of drug-likeness (QED) is 0.719. The van der Waals surface area contributed by atoms with E-state index in [0.717, 1.165) is 0 Å². The molecule has 72 valence electrons. The van der Waals surface area contributed by atoms with E-state index >= 15 is 0 Å². The van der Waals surface area contributed by atoms with Gasteiger partial charge in [0.15, 0.2) is 0 Å². The van der Waals surface area contributed by atoms with E-state index in [4.69, 9.17) is 15.4 Å². The third-order valence-electron chi connectivity index (χ3n) is 1.41. The Morgan fingerprint density at radius 1 is 1.62 bits per heavy atom. The first-order valence-electron chi connectivity index (χ1n) is 3.42. The van der Waals surface area contributed by atoms with Gasteiger partial charge < -0.3 is 4.74 Å². The molecule has 0 amide bonds. The number of halogens is 1. The molecule has 0 aliphatic rings. The molecule has 0 aliphatic carbocycles. The molecule has 0 atom stereocenters. The van der Waals surface area contributed by atoms with Gasteiger partial charge in [-0.05, 0) is 6.07 Å². The fourth-order valence-electron chi connectivity index (χ4n) is 0.908. The molecular formula is C7H8ClNO3S. The number of ether oxygens (including phenoxy) is 1. The van der Waals surface area contributed by atoms with Crippen molar-refractivity contribution < 1.29 is 13.2 Å². The Kier molecular flexibility index (Phi) is 3.11. The molecule has 0 fully saturated rings. The Morgan fingerprint density at radius 2 is 2.31 bits per heavy atom. The summed E-state index contributed by atoms with van der Waals surface area (Å²) < 4.78 is 26.4. The maximum atomic E-state index is 10.8. The van der Waals surface area contributed by atoms with Gasteiger partial charge in [-0.2, -0.15) is 0 Å². The lowest BCUT2D eigenvalue weighted by Gasteiger charge is -2.04. The van der Waals surface area contributed by atoms with E-state index in [1.165, 1.54) is 19.5 Å². The third kappa shape index (κ3) is 3.20. The Labute approximate surface area is 80.9 Å². The number of hydrogen-bond acceptors (Lipinski definition) is 4. The highest BCUT2D eigenvalue weighted by Gasteiger charge is 2.11. The first-order valence-corrected chi connectivity index (χ1v) is 5.90. The van der Waals surface area contributed by atoms with Crippen LogP contribution in [0.5, 0.6) is 5.75 Å². The van der Waals surface area contributed by atoms with Gasteiger partial charge in [-0.15, -0.1) is 0 Å². The molecule has 1 aromatic rings. The molecular weight excluding hydrogens is 214 g/mol. The topological polar surface area (TPSA) is 56.3 Å². The Bertz CT molecular complexity index is 390. The van der Waals surface area contributed by atoms with Gasteiger partial charge in [0.1, 0.15) is 5.75 Å². The van der Waals surface area contributed by atoms with Crippen LogP contribution in [-0.2, 0) is 14.8 Å². The predicted molar refractivity (Wildman–Crippen MR) is 49.3 cm³/mol. The lowest BCUT2D eigenvalue weighted by Crippen LogP contribution is -1.98. The van der Waals surface area contributed by atoms with Crippen LogP contribution in [-0.4, -0.2) is 20.5 Å². The fourth-order valence-corrected chi connectivity index (χ4v) is 1.85. The van der Waals surface area contributed by atoms with Crippen molar-refractivity contribution in [3.05, 3.63) is 24.0 Å². The number of methoxy groups -OCH3 is 1. The van der Waals surface area contributed by atoms with Crippen molar-refractivity contribution in [2.24, 2.45) is 0 Å². The average molecular weight is 222 g/mol. The van der Waals surface area contributed by atoms with Gasteiger partial charge in [-0.3, -0.25) is 4.98 Å². The van der Waals surface area contributed by atoms with Crippen molar-refractivity contribution in [2.75, 3.05) is 7.11 Å². The summed E-state index contributed by atoms with van der Waals surface area (Å²) in [7, 11) is 2.99. The molecule has 0 aliphatic heterocycles. The summed E-state index contributed by atoms with van der Waals surface area (Å²) in [4.78, 5) is 3.77. The van der Waals surface area contributed by atoms with Crippen LogP contribution in [0.2, 0.25) is 0 Å². The Hall–Kier alpha value is -0.810. The summed E-state index contributed by atoms with van der Waals surface area (Å²) in [5.74, 6) is 0.199. The number of pyridine rings is 1. The first kappa shape index (κ1) is 10.3. The van der Waals surface area contributed by atoms with Gasteiger partial charge in [0.05, 0.1) is 12.9 Å². The molecule has 1 rings (SSSR count). The molecule has 0 saturated carbocycles. The standard InChI is InChI=1S/C7H8ClNO3S/c1-12-7-2-3-9-4-6(7)5-13(8,10)11/h2-4H,5H2,1H3. The molecule has 0 radical (unpaired) electrons. The summed E-state index contributed by atoms with van der Waals surface area (Å²) in [6.07, 6.45) is 2.93. The van der Waals surface area contributed by atoms with Crippen LogP contribution in [0, 0.1) is 0 Å². The maximum Gasteiger partial charge on any atom is 0.236 e. The summed E-state index contributed by atoms with van der Waals surface area (Å²) >= 11 is 0. The molecule has 6 heteroatoms. The normalized spacial score (nSPS) is 11.2. The summed E-state index contributed by atoms with van der Waals surface area (Å²) in [6.45, 7) is 0. The van der Waals surface area contributed by atoms with Crippen molar-refractivity contribution in [3.63, 3.8) is 0 Å². The smallest absolute Gasteiger partial charge is 0.236 e. The van der Waals surface area contributed by atoms with E-state index in [9.17, 15) is 8.42 Å². The highest BCUT2D eigenvalue weighted by molar-refractivity contribution is 8.13. The zero-order chi connectivity index (χ0) is 9.90. The first-order chi connectivity index (χ1) is 6.03. The minimum absolute atomic E-state index is 0.272. The summed E-state index contributed by atoms with van der Waals surface area (Å²) in [5.41, 5.74) is 0.458. The Morgan fingerprint density at radius 3 is 2.85 bits per heavy atom. The number of rotatable bonds is 3. The van der Waals surface area contributed by atoms with Gasteiger partial charge in [0.2, 0.25) is 9.05 Å². The number of hydrogen-bond donors (Lipinski definition) is 0. The SMILES string of the molecule is COc1ccncc1CS(=O)(=O)Cl. The van der Waals surface area contributed by atoms with E-state index in [2.05, 4.69) is 4.98 Å².